The maximum atomic E-state index is 12.4. The Labute approximate surface area is 122 Å². The molecule has 1 aromatic heterocycles. The van der Waals surface area contributed by atoms with E-state index in [1.807, 2.05) is 48.5 Å². The molecule has 1 heterocycles. The van der Waals surface area contributed by atoms with Crippen molar-refractivity contribution in [2.75, 3.05) is 0 Å². The lowest BCUT2D eigenvalue weighted by Crippen LogP contribution is -2.04. The van der Waals surface area contributed by atoms with E-state index in [1.165, 1.54) is 6.33 Å². The van der Waals surface area contributed by atoms with Crippen LogP contribution >= 0.6 is 0 Å². The molecule has 3 aromatic rings. The van der Waals surface area contributed by atoms with E-state index < -0.39 is 0 Å². The highest BCUT2D eigenvalue weighted by atomic mass is 16.1. The third kappa shape index (κ3) is 2.95. The number of hydrogen-bond donors (Lipinski definition) is 0. The molecule has 0 atom stereocenters. The van der Waals surface area contributed by atoms with Crippen LogP contribution in [0.2, 0.25) is 0 Å². The van der Waals surface area contributed by atoms with Crippen molar-refractivity contribution in [3.63, 3.8) is 0 Å². The largest absolute Gasteiger partial charge is 0.289 e. The first-order chi connectivity index (χ1) is 10.3. The van der Waals surface area contributed by atoms with Crippen LogP contribution in [0.15, 0.2) is 79.4 Å². The fourth-order valence-electron chi connectivity index (χ4n) is 2.03. The molecule has 0 radical (unpaired) electrons. The number of ketones is 1. The first kappa shape index (κ1) is 13.0. The van der Waals surface area contributed by atoms with Crippen LogP contribution in [0.3, 0.4) is 0 Å². The van der Waals surface area contributed by atoms with E-state index >= 15 is 0 Å². The molecule has 4 nitrogen and oxygen atoms in total. The average Bonchev–Trinajstić information content (AvgIpc) is 3.08. The topological polar surface area (TPSA) is 47.8 Å². The molecule has 2 aromatic carbocycles. The van der Waals surface area contributed by atoms with Gasteiger partial charge in [0.05, 0.1) is 5.70 Å². The summed E-state index contributed by atoms with van der Waals surface area (Å²) in [6.45, 7) is 0. The van der Waals surface area contributed by atoms with Gasteiger partial charge in [-0.05, 0) is 0 Å². The highest BCUT2D eigenvalue weighted by Gasteiger charge is 2.09. The van der Waals surface area contributed by atoms with Crippen LogP contribution in [-0.2, 0) is 0 Å². The number of benzene rings is 2. The summed E-state index contributed by atoms with van der Waals surface area (Å²) in [6, 6.07) is 18.8. The van der Waals surface area contributed by atoms with E-state index in [1.54, 1.807) is 29.2 Å². The van der Waals surface area contributed by atoms with Crippen LogP contribution in [0.25, 0.3) is 5.70 Å². The smallest absolute Gasteiger partial charge is 0.188 e. The predicted molar refractivity (Wildman–Crippen MR) is 80.6 cm³/mol. The van der Waals surface area contributed by atoms with Gasteiger partial charge < -0.3 is 0 Å². The molecule has 0 unspecified atom stereocenters. The van der Waals surface area contributed by atoms with Gasteiger partial charge in [0.1, 0.15) is 12.7 Å². The van der Waals surface area contributed by atoms with Crippen LogP contribution < -0.4 is 0 Å². The third-order valence-corrected chi connectivity index (χ3v) is 3.06. The zero-order valence-corrected chi connectivity index (χ0v) is 11.3. The van der Waals surface area contributed by atoms with Gasteiger partial charge in [-0.15, -0.1) is 0 Å². The van der Waals surface area contributed by atoms with Crippen molar-refractivity contribution < 1.29 is 4.79 Å². The summed E-state index contributed by atoms with van der Waals surface area (Å²) in [4.78, 5) is 16.3. The number of carbonyl (C=O) groups excluding carboxylic acids is 1. The summed E-state index contributed by atoms with van der Waals surface area (Å²) in [5, 5.41) is 4.12. The predicted octanol–water partition coefficient (Wildman–Crippen LogP) is 3.05. The summed E-state index contributed by atoms with van der Waals surface area (Å²) in [7, 11) is 0. The molecule has 102 valence electrons. The van der Waals surface area contributed by atoms with Gasteiger partial charge in [-0.1, -0.05) is 60.7 Å². The Morgan fingerprint density at radius 2 is 1.52 bits per heavy atom. The zero-order chi connectivity index (χ0) is 14.5. The Balaban J connectivity index is 2.04. The SMILES string of the molecule is O=C(C=C(c1ccccc1)n1cncn1)c1ccccc1. The fourth-order valence-corrected chi connectivity index (χ4v) is 2.03. The number of nitrogens with zero attached hydrogens (tertiary/aromatic N) is 3. The first-order valence-electron chi connectivity index (χ1n) is 6.56. The summed E-state index contributed by atoms with van der Waals surface area (Å²) in [6.07, 6.45) is 4.61. The van der Waals surface area contributed by atoms with Gasteiger partial charge in [-0.2, -0.15) is 5.10 Å². The molecule has 0 spiro atoms. The zero-order valence-electron chi connectivity index (χ0n) is 11.3. The molecule has 0 N–H and O–H groups in total. The number of hydrogen-bond acceptors (Lipinski definition) is 3. The van der Waals surface area contributed by atoms with E-state index in [9.17, 15) is 4.79 Å². The van der Waals surface area contributed by atoms with Crippen LogP contribution in [0, 0.1) is 0 Å². The van der Waals surface area contributed by atoms with E-state index in [4.69, 9.17) is 0 Å². The molecular weight excluding hydrogens is 262 g/mol. The molecule has 0 saturated heterocycles. The number of carbonyl (C=O) groups is 1. The molecule has 3 rings (SSSR count). The molecule has 21 heavy (non-hydrogen) atoms. The molecule has 0 bridgehead atoms. The number of aromatic nitrogens is 3. The van der Waals surface area contributed by atoms with Crippen LogP contribution in [0.4, 0.5) is 0 Å². The van der Waals surface area contributed by atoms with Gasteiger partial charge in [0.2, 0.25) is 0 Å². The number of allylic oxidation sites excluding steroid dienone is 1. The normalized spacial score (nSPS) is 11.3. The minimum Gasteiger partial charge on any atom is -0.289 e. The minimum absolute atomic E-state index is 0.0649. The lowest BCUT2D eigenvalue weighted by molar-refractivity contribution is 0.104. The van der Waals surface area contributed by atoms with Crippen molar-refractivity contribution in [1.29, 1.82) is 0 Å². The second-order valence-electron chi connectivity index (χ2n) is 4.47. The van der Waals surface area contributed by atoms with Crippen molar-refractivity contribution >= 4 is 11.5 Å². The Hall–Kier alpha value is -3.01. The summed E-state index contributed by atoms with van der Waals surface area (Å²) in [5.41, 5.74) is 2.25. The summed E-state index contributed by atoms with van der Waals surface area (Å²) >= 11 is 0. The standard InChI is InChI=1S/C17H13N3O/c21-17(15-9-5-2-6-10-15)11-16(20-13-18-12-19-20)14-7-3-1-4-8-14/h1-13H. The molecule has 0 fully saturated rings. The average molecular weight is 275 g/mol. The lowest BCUT2D eigenvalue weighted by atomic mass is 10.1. The third-order valence-electron chi connectivity index (χ3n) is 3.06. The van der Waals surface area contributed by atoms with Crippen LogP contribution in [0.5, 0.6) is 0 Å². The lowest BCUT2D eigenvalue weighted by Gasteiger charge is -2.07. The van der Waals surface area contributed by atoms with Crippen molar-refractivity contribution in [2.24, 2.45) is 0 Å². The monoisotopic (exact) mass is 275 g/mol. The fraction of sp³-hybridized carbons (Fsp3) is 0. The van der Waals surface area contributed by atoms with Crippen molar-refractivity contribution in [1.82, 2.24) is 14.8 Å². The van der Waals surface area contributed by atoms with Crippen LogP contribution in [0.1, 0.15) is 15.9 Å². The van der Waals surface area contributed by atoms with Gasteiger partial charge in [-0.3, -0.25) is 4.79 Å². The number of rotatable bonds is 4. The molecule has 0 aliphatic carbocycles. The van der Waals surface area contributed by atoms with Crippen molar-refractivity contribution in [2.45, 2.75) is 0 Å². The van der Waals surface area contributed by atoms with Crippen molar-refractivity contribution in [3.8, 4) is 0 Å². The first-order valence-corrected chi connectivity index (χ1v) is 6.56. The maximum Gasteiger partial charge on any atom is 0.188 e. The Morgan fingerprint density at radius 3 is 2.10 bits per heavy atom. The molecule has 0 saturated carbocycles. The highest BCUT2D eigenvalue weighted by molar-refractivity contribution is 6.08. The van der Waals surface area contributed by atoms with Gasteiger partial charge >= 0.3 is 0 Å². The second kappa shape index (κ2) is 5.96. The molecule has 0 aliphatic rings. The van der Waals surface area contributed by atoms with E-state index in [0.717, 1.165) is 5.56 Å². The molecule has 4 heteroatoms. The van der Waals surface area contributed by atoms with Gasteiger partial charge in [0.15, 0.2) is 5.78 Å². The molecule has 0 amide bonds. The molecular formula is C17H13N3O. The Kier molecular flexibility index (Phi) is 3.69. The minimum atomic E-state index is -0.0649. The van der Waals surface area contributed by atoms with Gasteiger partial charge in [-0.25, -0.2) is 9.67 Å². The Bertz CT molecular complexity index is 747. The van der Waals surface area contributed by atoms with Gasteiger partial charge in [0, 0.05) is 17.2 Å². The van der Waals surface area contributed by atoms with Gasteiger partial charge in [0.25, 0.3) is 0 Å². The van der Waals surface area contributed by atoms with E-state index in [-0.39, 0.29) is 5.78 Å². The summed E-state index contributed by atoms with van der Waals surface area (Å²) in [5.74, 6) is -0.0649. The quantitative estimate of drug-likeness (QED) is 0.543. The van der Waals surface area contributed by atoms with Crippen molar-refractivity contribution in [3.05, 3.63) is 90.5 Å². The van der Waals surface area contributed by atoms with E-state index in [0.29, 0.717) is 11.3 Å². The second-order valence-corrected chi connectivity index (χ2v) is 4.47. The Morgan fingerprint density at radius 1 is 0.905 bits per heavy atom. The van der Waals surface area contributed by atoms with Crippen LogP contribution in [-0.4, -0.2) is 20.5 Å². The van der Waals surface area contributed by atoms with E-state index in [2.05, 4.69) is 10.1 Å². The highest BCUT2D eigenvalue weighted by Crippen LogP contribution is 2.16. The maximum absolute atomic E-state index is 12.4. The summed E-state index contributed by atoms with van der Waals surface area (Å²) < 4.78 is 1.59. The molecule has 0 aliphatic heterocycles.